The summed E-state index contributed by atoms with van der Waals surface area (Å²) in [5.41, 5.74) is 10.9. The molecule has 1 unspecified atom stereocenters. The Morgan fingerprint density at radius 3 is 2.50 bits per heavy atom. The van der Waals surface area contributed by atoms with Crippen molar-refractivity contribution >= 4 is 29.1 Å². The van der Waals surface area contributed by atoms with Crippen LogP contribution in [-0.2, 0) is 17.6 Å². The van der Waals surface area contributed by atoms with Gasteiger partial charge in [0, 0.05) is 31.4 Å². The Kier molecular flexibility index (Phi) is 9.85. The maximum atomic E-state index is 13.0. The van der Waals surface area contributed by atoms with E-state index in [1.54, 1.807) is 6.07 Å². The lowest BCUT2D eigenvalue weighted by Crippen LogP contribution is -2.38. The first-order valence-corrected chi connectivity index (χ1v) is 12.4. The number of thiazole rings is 1. The smallest absolute Gasteiger partial charge is 0.391 e. The quantitative estimate of drug-likeness (QED) is 0.115. The highest BCUT2D eigenvalue weighted by Crippen LogP contribution is 2.31. The Hall–Kier alpha value is -3.91. The van der Waals surface area contributed by atoms with Crippen LogP contribution in [0.1, 0.15) is 51.2 Å². The minimum absolute atomic E-state index is 0.00715. The van der Waals surface area contributed by atoms with Gasteiger partial charge in [0.1, 0.15) is 10.7 Å². The minimum atomic E-state index is -4.44. The number of nitrogens with one attached hydrogen (secondary N) is 3. The Labute approximate surface area is 220 Å². The Morgan fingerprint density at radius 1 is 1.13 bits per heavy atom. The zero-order valence-electron chi connectivity index (χ0n) is 20.2. The number of alkyl halides is 3. The SMILES string of the molecule is NC(N)=NCCCCC(=O)NCC(NC(=O)c1ccc(-c2ccc(C(F)(F)F)cc2)[nH]1)c1ncc(CO)s1. The molecule has 0 radical (unpaired) electrons. The molecular formula is C24H28F3N7O3S. The number of aliphatic hydroxyl groups is 1. The van der Waals surface area contributed by atoms with Crippen LogP contribution in [0.4, 0.5) is 13.2 Å². The maximum absolute atomic E-state index is 13.0. The van der Waals surface area contributed by atoms with Gasteiger partial charge in [0.05, 0.1) is 23.1 Å². The van der Waals surface area contributed by atoms with Crippen molar-refractivity contribution < 1.29 is 27.9 Å². The van der Waals surface area contributed by atoms with Crippen molar-refractivity contribution in [3.63, 3.8) is 0 Å². The van der Waals surface area contributed by atoms with E-state index >= 15 is 0 Å². The number of carbonyl (C=O) groups is 2. The number of unbranched alkanes of at least 4 members (excludes halogenated alkanes) is 1. The highest BCUT2D eigenvalue weighted by atomic mass is 32.1. The van der Waals surface area contributed by atoms with Crippen molar-refractivity contribution in [2.75, 3.05) is 13.1 Å². The van der Waals surface area contributed by atoms with Crippen LogP contribution in [0.2, 0.25) is 0 Å². The van der Waals surface area contributed by atoms with Crippen LogP contribution in [0.25, 0.3) is 11.3 Å². The molecule has 2 amide bonds. The lowest BCUT2D eigenvalue weighted by Gasteiger charge is -2.17. The van der Waals surface area contributed by atoms with Gasteiger partial charge in [0.15, 0.2) is 5.96 Å². The number of rotatable bonds is 12. The highest BCUT2D eigenvalue weighted by molar-refractivity contribution is 7.11. The number of hydrogen-bond acceptors (Lipinski definition) is 6. The molecule has 2 heterocycles. The van der Waals surface area contributed by atoms with Gasteiger partial charge in [-0.1, -0.05) is 12.1 Å². The topological polar surface area (TPSA) is 172 Å². The molecule has 0 spiro atoms. The number of nitrogens with two attached hydrogens (primary N) is 2. The molecule has 3 aromatic rings. The second-order valence-corrected chi connectivity index (χ2v) is 9.42. The van der Waals surface area contributed by atoms with Crippen molar-refractivity contribution in [3.8, 4) is 11.3 Å². The number of aromatic amines is 1. The van der Waals surface area contributed by atoms with E-state index in [9.17, 15) is 27.9 Å². The number of H-pyrrole nitrogens is 1. The number of aromatic nitrogens is 2. The maximum Gasteiger partial charge on any atom is 0.416 e. The van der Waals surface area contributed by atoms with Gasteiger partial charge < -0.3 is 32.2 Å². The predicted octanol–water partition coefficient (Wildman–Crippen LogP) is 2.68. The molecule has 8 N–H and O–H groups in total. The van der Waals surface area contributed by atoms with E-state index in [1.807, 2.05) is 0 Å². The number of aliphatic hydroxyl groups excluding tert-OH is 1. The third-order valence-corrected chi connectivity index (χ3v) is 6.49. The minimum Gasteiger partial charge on any atom is -0.391 e. The van der Waals surface area contributed by atoms with Gasteiger partial charge in [-0.05, 0) is 42.7 Å². The van der Waals surface area contributed by atoms with Gasteiger partial charge in [-0.15, -0.1) is 11.3 Å². The van der Waals surface area contributed by atoms with Crippen LogP contribution in [0.15, 0.2) is 47.6 Å². The molecule has 0 bridgehead atoms. The molecule has 0 aliphatic heterocycles. The summed E-state index contributed by atoms with van der Waals surface area (Å²) < 4.78 is 38.5. The second kappa shape index (κ2) is 13.1. The Bertz CT molecular complexity index is 1250. The van der Waals surface area contributed by atoms with E-state index in [0.29, 0.717) is 40.5 Å². The normalized spacial score (nSPS) is 12.1. The summed E-state index contributed by atoms with van der Waals surface area (Å²) in [6.45, 7) is 0.263. The Balaban J connectivity index is 1.64. The summed E-state index contributed by atoms with van der Waals surface area (Å²) in [6.07, 6.45) is -1.51. The van der Waals surface area contributed by atoms with Crippen molar-refractivity contribution in [1.29, 1.82) is 0 Å². The fourth-order valence-corrected chi connectivity index (χ4v) is 4.27. The van der Waals surface area contributed by atoms with E-state index < -0.39 is 23.7 Å². The van der Waals surface area contributed by atoms with Crippen molar-refractivity contribution in [1.82, 2.24) is 20.6 Å². The van der Waals surface area contributed by atoms with E-state index in [2.05, 4.69) is 25.6 Å². The Morgan fingerprint density at radius 2 is 1.87 bits per heavy atom. The third kappa shape index (κ3) is 8.31. The molecule has 0 aliphatic carbocycles. The summed E-state index contributed by atoms with van der Waals surface area (Å²) in [7, 11) is 0. The molecule has 38 heavy (non-hydrogen) atoms. The number of benzene rings is 1. The van der Waals surface area contributed by atoms with Crippen molar-refractivity contribution in [2.24, 2.45) is 16.5 Å². The van der Waals surface area contributed by atoms with E-state index in [4.69, 9.17) is 11.5 Å². The molecule has 1 aromatic carbocycles. The van der Waals surface area contributed by atoms with Gasteiger partial charge in [0.2, 0.25) is 5.91 Å². The predicted molar refractivity (Wildman–Crippen MR) is 137 cm³/mol. The molecule has 0 fully saturated rings. The van der Waals surface area contributed by atoms with E-state index in [-0.39, 0.29) is 37.1 Å². The highest BCUT2D eigenvalue weighted by Gasteiger charge is 2.30. The standard InChI is InChI=1S/C24H28F3N7O3S/c25-24(26,27)15-6-4-14(5-7-15)17-8-9-18(33-17)21(37)34-19(22-32-11-16(13-35)38-22)12-31-20(36)3-1-2-10-30-23(28)29/h4-9,11,19,33,35H,1-3,10,12-13H2,(H,31,36)(H,34,37)(H4,28,29,30). The van der Waals surface area contributed by atoms with E-state index in [1.165, 1.54) is 35.7 Å². The summed E-state index contributed by atoms with van der Waals surface area (Å²) >= 11 is 1.19. The monoisotopic (exact) mass is 551 g/mol. The van der Waals surface area contributed by atoms with Gasteiger partial charge in [0.25, 0.3) is 5.91 Å². The summed E-state index contributed by atoms with van der Waals surface area (Å²) in [5, 5.41) is 15.5. The average Bonchev–Trinajstić information content (AvgIpc) is 3.56. The van der Waals surface area contributed by atoms with Crippen LogP contribution >= 0.6 is 11.3 Å². The number of guanidine groups is 1. The zero-order chi connectivity index (χ0) is 27.7. The fourth-order valence-electron chi connectivity index (χ4n) is 3.44. The van der Waals surface area contributed by atoms with Gasteiger partial charge in [-0.2, -0.15) is 13.2 Å². The molecular weight excluding hydrogens is 523 g/mol. The molecule has 0 saturated carbocycles. The van der Waals surface area contributed by atoms with Crippen LogP contribution < -0.4 is 22.1 Å². The number of hydrogen-bond donors (Lipinski definition) is 6. The molecule has 14 heteroatoms. The van der Waals surface area contributed by atoms with Crippen molar-refractivity contribution in [2.45, 2.75) is 38.1 Å². The summed E-state index contributed by atoms with van der Waals surface area (Å²) in [6, 6.07) is 6.99. The number of nitrogens with zero attached hydrogens (tertiary/aromatic N) is 2. The molecule has 0 aliphatic rings. The molecule has 1 atom stereocenters. The van der Waals surface area contributed by atoms with Crippen LogP contribution in [0.3, 0.4) is 0 Å². The number of amides is 2. The molecule has 3 rings (SSSR count). The summed E-state index contributed by atoms with van der Waals surface area (Å²) in [4.78, 5) is 36.9. The van der Waals surface area contributed by atoms with Crippen molar-refractivity contribution in [3.05, 3.63) is 63.7 Å². The lowest BCUT2D eigenvalue weighted by atomic mass is 10.1. The zero-order valence-corrected chi connectivity index (χ0v) is 21.0. The molecule has 2 aromatic heterocycles. The number of carbonyl (C=O) groups excluding carboxylic acids is 2. The molecule has 10 nitrogen and oxygen atoms in total. The molecule has 204 valence electrons. The van der Waals surface area contributed by atoms with Gasteiger partial charge >= 0.3 is 6.18 Å². The van der Waals surface area contributed by atoms with Crippen LogP contribution in [0.5, 0.6) is 0 Å². The van der Waals surface area contributed by atoms with E-state index in [0.717, 1.165) is 12.1 Å². The average molecular weight is 552 g/mol. The first kappa shape index (κ1) is 28.7. The van der Waals surface area contributed by atoms with Gasteiger partial charge in [-0.3, -0.25) is 14.6 Å². The second-order valence-electron chi connectivity index (χ2n) is 8.28. The first-order chi connectivity index (χ1) is 18.1. The third-order valence-electron chi connectivity index (χ3n) is 5.39. The largest absolute Gasteiger partial charge is 0.416 e. The molecule has 0 saturated heterocycles. The van der Waals surface area contributed by atoms with Crippen LogP contribution in [-0.4, -0.2) is 45.9 Å². The van der Waals surface area contributed by atoms with Gasteiger partial charge in [-0.25, -0.2) is 4.98 Å². The van der Waals surface area contributed by atoms with Crippen LogP contribution in [0, 0.1) is 0 Å². The fraction of sp³-hybridized carbons (Fsp3) is 0.333. The summed E-state index contributed by atoms with van der Waals surface area (Å²) in [5.74, 6) is -0.731. The number of halogens is 3. The lowest BCUT2D eigenvalue weighted by molar-refractivity contribution is -0.137. The number of aliphatic imine (C=N–C) groups is 1. The first-order valence-electron chi connectivity index (χ1n) is 11.6.